The van der Waals surface area contributed by atoms with Crippen LogP contribution in [0.5, 0.6) is 5.75 Å². The van der Waals surface area contributed by atoms with E-state index in [9.17, 15) is 31.9 Å². The van der Waals surface area contributed by atoms with Gasteiger partial charge in [-0.05, 0) is 36.8 Å². The van der Waals surface area contributed by atoms with Crippen molar-refractivity contribution in [1.82, 2.24) is 24.8 Å². The fraction of sp³-hybridized carbons (Fsp3) is 0.308. The molecule has 2 N–H and O–H groups in total. The number of benzene rings is 2. The van der Waals surface area contributed by atoms with Crippen LogP contribution in [0.2, 0.25) is 0 Å². The van der Waals surface area contributed by atoms with Crippen LogP contribution in [0.25, 0.3) is 22.3 Å². The highest BCUT2D eigenvalue weighted by molar-refractivity contribution is 6.00. The number of nitrogens with one attached hydrogen (secondary N) is 1. The summed E-state index contributed by atoms with van der Waals surface area (Å²) in [7, 11) is 0. The molecule has 1 amide bonds. The van der Waals surface area contributed by atoms with Crippen LogP contribution < -0.4 is 15.0 Å². The number of amides is 1. The number of imidazole rings is 1. The molecule has 40 heavy (non-hydrogen) atoms. The van der Waals surface area contributed by atoms with Crippen molar-refractivity contribution in [1.29, 1.82) is 0 Å². The minimum atomic E-state index is -4.75. The van der Waals surface area contributed by atoms with Crippen LogP contribution in [-0.4, -0.2) is 62.0 Å². The molecule has 0 radical (unpaired) electrons. The summed E-state index contributed by atoms with van der Waals surface area (Å²) in [5.74, 6) is -0.495. The van der Waals surface area contributed by atoms with Gasteiger partial charge in [-0.1, -0.05) is 12.1 Å². The van der Waals surface area contributed by atoms with E-state index in [4.69, 9.17) is 4.74 Å². The van der Waals surface area contributed by atoms with E-state index in [2.05, 4.69) is 20.3 Å². The Balaban J connectivity index is 1.44. The predicted octanol–water partition coefficient (Wildman–Crippen LogP) is 3.98. The average molecular weight is 558 g/mol. The predicted molar refractivity (Wildman–Crippen MR) is 130 cm³/mol. The smallest absolute Gasteiger partial charge is 0.411 e. The van der Waals surface area contributed by atoms with Gasteiger partial charge in [0.05, 0.1) is 28.8 Å². The first-order valence-electron chi connectivity index (χ1n) is 12.4. The van der Waals surface area contributed by atoms with Crippen LogP contribution in [0.3, 0.4) is 0 Å². The van der Waals surface area contributed by atoms with Crippen molar-refractivity contribution in [2.24, 2.45) is 0 Å². The number of aromatic nitrogens is 4. The number of aliphatic hydroxyl groups excluding tert-OH is 1. The molecule has 14 heteroatoms. The largest absolute Gasteiger partial charge is 0.434 e. The number of aliphatic hydroxyl groups is 1. The summed E-state index contributed by atoms with van der Waals surface area (Å²) in [6.07, 6.45) is -4.84. The van der Waals surface area contributed by atoms with E-state index in [0.29, 0.717) is 23.3 Å². The first-order valence-corrected chi connectivity index (χ1v) is 12.4. The van der Waals surface area contributed by atoms with E-state index in [1.54, 1.807) is 0 Å². The van der Waals surface area contributed by atoms with Gasteiger partial charge < -0.3 is 24.6 Å². The summed E-state index contributed by atoms with van der Waals surface area (Å²) in [6.45, 7) is -3.59. The number of halogens is 5. The number of carbonyl (C=O) groups excluding carboxylic acids is 1. The molecule has 206 valence electrons. The maximum Gasteiger partial charge on any atom is 0.411 e. The molecule has 0 saturated carbocycles. The number of para-hydroxylation sites is 2. The molecule has 2 aromatic carbocycles. The Hall–Kier alpha value is -4.33. The van der Waals surface area contributed by atoms with Gasteiger partial charge in [-0.3, -0.25) is 4.79 Å². The summed E-state index contributed by atoms with van der Waals surface area (Å²) < 4.78 is 74.6. The van der Waals surface area contributed by atoms with E-state index in [1.807, 2.05) is 28.8 Å². The van der Waals surface area contributed by atoms with Gasteiger partial charge in [0.25, 0.3) is 5.91 Å². The minimum absolute atomic E-state index is 0.0102. The van der Waals surface area contributed by atoms with Gasteiger partial charge in [-0.15, -0.1) is 0 Å². The van der Waals surface area contributed by atoms with Gasteiger partial charge >= 0.3 is 12.8 Å². The Bertz CT molecular complexity index is 1670. The van der Waals surface area contributed by atoms with Gasteiger partial charge in [0, 0.05) is 29.4 Å². The third-order valence-corrected chi connectivity index (χ3v) is 7.59. The zero-order valence-electron chi connectivity index (χ0n) is 20.3. The number of alkyl halides is 5. The van der Waals surface area contributed by atoms with Crippen molar-refractivity contribution < 1.29 is 36.6 Å². The molecule has 2 bridgehead atoms. The lowest BCUT2D eigenvalue weighted by Gasteiger charge is -2.45. The van der Waals surface area contributed by atoms with E-state index < -0.39 is 42.9 Å². The third kappa shape index (κ3) is 3.62. The zero-order chi connectivity index (χ0) is 27.9. The van der Waals surface area contributed by atoms with Crippen molar-refractivity contribution in [2.75, 3.05) is 11.4 Å². The van der Waals surface area contributed by atoms with Gasteiger partial charge in [0.2, 0.25) is 5.95 Å². The van der Waals surface area contributed by atoms with Crippen LogP contribution in [0, 0.1) is 0 Å². The molecule has 4 aromatic rings. The maximum atomic E-state index is 13.6. The van der Waals surface area contributed by atoms with E-state index >= 15 is 0 Å². The molecule has 9 nitrogen and oxygen atoms in total. The zero-order valence-corrected chi connectivity index (χ0v) is 20.3. The number of hydrogen-bond acceptors (Lipinski definition) is 7. The molecule has 2 unspecified atom stereocenters. The number of ether oxygens (including phenoxy) is 1. The molecular formula is C26H19F5N6O3. The minimum Gasteiger partial charge on any atom is -0.434 e. The van der Waals surface area contributed by atoms with Gasteiger partial charge in [-0.25, -0.2) is 15.0 Å². The van der Waals surface area contributed by atoms with Crippen LogP contribution >= 0.6 is 0 Å². The standard InChI is InChI=1S/C26H19F5N6O3/c27-24(28)40-18-6-5-11-19(16-9-14(34-23(11)39)22-33-12-3-1-2-4-15(12)37(16)22)20(18)13-7-8-32-25(35-13)36-10-17(38)21(36)26(29,30)31/h1-8,14,16-17,21,24,38H,9-10H2,(H,34,39)/t14-,16-,17?,21?/m1/s1. The Morgan fingerprint density at radius 1 is 1.10 bits per heavy atom. The van der Waals surface area contributed by atoms with Crippen molar-refractivity contribution in [3.05, 3.63) is 65.6 Å². The number of hydrogen-bond donors (Lipinski definition) is 2. The van der Waals surface area contributed by atoms with Crippen LogP contribution in [-0.2, 0) is 0 Å². The quantitative estimate of drug-likeness (QED) is 0.365. The Labute approximate surface area is 222 Å². The summed E-state index contributed by atoms with van der Waals surface area (Å²) in [5, 5.41) is 12.7. The second-order valence-corrected chi connectivity index (χ2v) is 9.83. The van der Waals surface area contributed by atoms with E-state index in [-0.39, 0.29) is 35.1 Å². The van der Waals surface area contributed by atoms with Crippen molar-refractivity contribution in [3.8, 4) is 17.0 Å². The van der Waals surface area contributed by atoms with Gasteiger partial charge in [0.15, 0.2) is 6.04 Å². The SMILES string of the molecule is O=C1N[C@@H]2C[C@H](c3c1ccc(OC(F)F)c3-c1ccnc(N3CC(O)C3C(F)(F)F)n1)n1c2nc2ccccc21. The van der Waals surface area contributed by atoms with Crippen molar-refractivity contribution in [2.45, 2.75) is 43.4 Å². The number of carbonyl (C=O) groups is 1. The molecule has 1 saturated heterocycles. The summed E-state index contributed by atoms with van der Waals surface area (Å²) >= 11 is 0. The maximum absolute atomic E-state index is 13.6. The van der Waals surface area contributed by atoms with Gasteiger partial charge in [0.1, 0.15) is 17.7 Å². The molecule has 3 aliphatic heterocycles. The Morgan fingerprint density at radius 2 is 1.90 bits per heavy atom. The van der Waals surface area contributed by atoms with Crippen molar-refractivity contribution >= 4 is 22.9 Å². The molecule has 5 heterocycles. The van der Waals surface area contributed by atoms with E-state index in [0.717, 1.165) is 10.4 Å². The molecule has 3 aliphatic rings. The highest BCUT2D eigenvalue weighted by atomic mass is 19.4. The van der Waals surface area contributed by atoms with Crippen LogP contribution in [0.15, 0.2) is 48.7 Å². The molecule has 2 aromatic heterocycles. The average Bonchev–Trinajstić information content (AvgIpc) is 3.38. The third-order valence-electron chi connectivity index (χ3n) is 7.59. The molecular weight excluding hydrogens is 539 g/mol. The van der Waals surface area contributed by atoms with E-state index in [1.165, 1.54) is 24.4 Å². The number of fused-ring (bicyclic) bond motifs is 9. The molecule has 4 atom stereocenters. The molecule has 7 rings (SSSR count). The monoisotopic (exact) mass is 558 g/mol. The summed E-state index contributed by atoms with van der Waals surface area (Å²) in [5.41, 5.74) is 2.01. The second-order valence-electron chi connectivity index (χ2n) is 9.83. The second kappa shape index (κ2) is 8.58. The fourth-order valence-electron chi connectivity index (χ4n) is 5.99. The lowest BCUT2D eigenvalue weighted by Crippen LogP contribution is -2.67. The summed E-state index contributed by atoms with van der Waals surface area (Å²) in [4.78, 5) is 27.1. The topological polar surface area (TPSA) is 105 Å². The van der Waals surface area contributed by atoms with Gasteiger partial charge in [-0.2, -0.15) is 22.0 Å². The number of β-amino-alcohol motifs (C(OH)–C–C–N with tert-alkyl or cyclic N) is 1. The number of nitrogens with zero attached hydrogens (tertiary/aromatic N) is 5. The number of anilines is 1. The lowest BCUT2D eigenvalue weighted by atomic mass is 9.90. The Kier molecular flexibility index (Phi) is 5.30. The Morgan fingerprint density at radius 3 is 2.65 bits per heavy atom. The molecule has 1 fully saturated rings. The number of rotatable bonds is 4. The van der Waals surface area contributed by atoms with Crippen LogP contribution in [0.4, 0.5) is 27.9 Å². The highest BCUT2D eigenvalue weighted by Gasteiger charge is 2.56. The normalized spacial score (nSPS) is 23.5. The molecule has 0 aliphatic carbocycles. The van der Waals surface area contributed by atoms with Crippen molar-refractivity contribution in [3.63, 3.8) is 0 Å². The fourth-order valence-corrected chi connectivity index (χ4v) is 5.99. The summed E-state index contributed by atoms with van der Waals surface area (Å²) in [6, 6.07) is 8.08. The highest BCUT2D eigenvalue weighted by Crippen LogP contribution is 2.49. The van der Waals surface area contributed by atoms with Crippen LogP contribution in [0.1, 0.15) is 40.3 Å². The lowest BCUT2D eigenvalue weighted by molar-refractivity contribution is -0.186. The first kappa shape index (κ1) is 24.7. The first-order chi connectivity index (χ1) is 19.1. The molecule has 0 spiro atoms.